The zero-order valence-electron chi connectivity index (χ0n) is 12.3. The molecule has 4 heteroatoms. The minimum absolute atomic E-state index is 0.196. The lowest BCUT2D eigenvalue weighted by atomic mass is 10.1. The molecule has 0 radical (unpaired) electrons. The first-order valence-corrected chi connectivity index (χ1v) is 8.18. The van der Waals surface area contributed by atoms with Gasteiger partial charge >= 0.3 is 0 Å². The van der Waals surface area contributed by atoms with Crippen LogP contribution in [0.25, 0.3) is 0 Å². The lowest BCUT2D eigenvalue weighted by molar-refractivity contribution is 0.00739. The van der Waals surface area contributed by atoms with E-state index in [2.05, 4.69) is 47.2 Å². The van der Waals surface area contributed by atoms with Gasteiger partial charge in [-0.15, -0.1) is 0 Å². The third-order valence-corrected chi connectivity index (χ3v) is 4.08. The van der Waals surface area contributed by atoms with Gasteiger partial charge in [-0.2, -0.15) is 0 Å². The van der Waals surface area contributed by atoms with Crippen LogP contribution in [0.2, 0.25) is 0 Å². The van der Waals surface area contributed by atoms with E-state index in [1.165, 1.54) is 5.56 Å². The van der Waals surface area contributed by atoms with Gasteiger partial charge in [0.25, 0.3) is 0 Å². The quantitative estimate of drug-likeness (QED) is 0.854. The molecule has 1 atom stereocenters. The second kappa shape index (κ2) is 8.01. The van der Waals surface area contributed by atoms with Crippen molar-refractivity contribution in [2.45, 2.75) is 39.3 Å². The summed E-state index contributed by atoms with van der Waals surface area (Å²) in [6.07, 6.45) is 2.36. The SMILES string of the molecule is CC(C)CNCc1cc(OC2CCCOC2)ccc1Br. The molecular weight excluding hydrogens is 318 g/mol. The van der Waals surface area contributed by atoms with Crippen molar-refractivity contribution in [3.8, 4) is 5.75 Å². The Labute approximate surface area is 130 Å². The van der Waals surface area contributed by atoms with Crippen LogP contribution < -0.4 is 10.1 Å². The number of halogens is 1. The first-order chi connectivity index (χ1) is 9.65. The molecule has 1 fully saturated rings. The molecule has 0 bridgehead atoms. The minimum atomic E-state index is 0.196. The molecule has 1 unspecified atom stereocenters. The van der Waals surface area contributed by atoms with Gasteiger partial charge in [0.05, 0.1) is 6.61 Å². The average Bonchev–Trinajstić information content (AvgIpc) is 2.43. The number of benzene rings is 1. The lowest BCUT2D eigenvalue weighted by Crippen LogP contribution is -2.28. The van der Waals surface area contributed by atoms with Crippen LogP contribution in [0.15, 0.2) is 22.7 Å². The lowest BCUT2D eigenvalue weighted by Gasteiger charge is -2.23. The Morgan fingerprint density at radius 1 is 1.45 bits per heavy atom. The molecule has 112 valence electrons. The summed E-state index contributed by atoms with van der Waals surface area (Å²) in [6.45, 7) is 7.88. The first-order valence-electron chi connectivity index (χ1n) is 7.38. The fourth-order valence-electron chi connectivity index (χ4n) is 2.25. The van der Waals surface area contributed by atoms with Crippen molar-refractivity contribution in [2.75, 3.05) is 19.8 Å². The van der Waals surface area contributed by atoms with Crippen molar-refractivity contribution in [3.05, 3.63) is 28.2 Å². The Morgan fingerprint density at radius 3 is 3.00 bits per heavy atom. The molecule has 1 saturated heterocycles. The van der Waals surface area contributed by atoms with Crippen molar-refractivity contribution >= 4 is 15.9 Å². The van der Waals surface area contributed by atoms with Crippen LogP contribution in [0.3, 0.4) is 0 Å². The van der Waals surface area contributed by atoms with Crippen molar-refractivity contribution in [1.82, 2.24) is 5.32 Å². The monoisotopic (exact) mass is 341 g/mol. The summed E-state index contributed by atoms with van der Waals surface area (Å²) >= 11 is 3.60. The van der Waals surface area contributed by atoms with E-state index in [0.29, 0.717) is 12.5 Å². The second-order valence-corrected chi connectivity index (χ2v) is 6.59. The number of ether oxygens (including phenoxy) is 2. The third-order valence-electron chi connectivity index (χ3n) is 3.31. The highest BCUT2D eigenvalue weighted by molar-refractivity contribution is 9.10. The molecule has 20 heavy (non-hydrogen) atoms. The molecule has 1 aliphatic heterocycles. The molecule has 0 amide bonds. The molecule has 1 N–H and O–H groups in total. The van der Waals surface area contributed by atoms with Gasteiger partial charge in [-0.25, -0.2) is 0 Å². The number of nitrogens with one attached hydrogen (secondary N) is 1. The summed E-state index contributed by atoms with van der Waals surface area (Å²) in [5.74, 6) is 1.60. The van der Waals surface area contributed by atoms with E-state index in [1.807, 2.05) is 6.07 Å². The maximum absolute atomic E-state index is 6.00. The molecule has 1 aromatic carbocycles. The summed E-state index contributed by atoms with van der Waals surface area (Å²) in [7, 11) is 0. The molecular formula is C16H24BrNO2. The predicted molar refractivity (Wildman–Crippen MR) is 85.2 cm³/mol. The summed E-state index contributed by atoms with van der Waals surface area (Å²) in [4.78, 5) is 0. The highest BCUT2D eigenvalue weighted by Gasteiger charge is 2.15. The van der Waals surface area contributed by atoms with E-state index in [1.54, 1.807) is 0 Å². The Balaban J connectivity index is 1.92. The molecule has 1 aliphatic rings. The number of hydrogen-bond donors (Lipinski definition) is 1. The largest absolute Gasteiger partial charge is 0.488 e. The van der Waals surface area contributed by atoms with Crippen molar-refractivity contribution < 1.29 is 9.47 Å². The Bertz CT molecular complexity index is 417. The van der Waals surface area contributed by atoms with Crippen LogP contribution in [0.5, 0.6) is 5.75 Å². The van der Waals surface area contributed by atoms with E-state index in [4.69, 9.17) is 9.47 Å². The maximum atomic E-state index is 6.00. The van der Waals surface area contributed by atoms with Gasteiger partial charge in [0.15, 0.2) is 0 Å². The average molecular weight is 342 g/mol. The van der Waals surface area contributed by atoms with E-state index >= 15 is 0 Å². The molecule has 1 aromatic rings. The smallest absolute Gasteiger partial charge is 0.122 e. The summed E-state index contributed by atoms with van der Waals surface area (Å²) in [5.41, 5.74) is 1.24. The van der Waals surface area contributed by atoms with Crippen LogP contribution >= 0.6 is 15.9 Å². The first kappa shape index (κ1) is 15.8. The van der Waals surface area contributed by atoms with Gasteiger partial charge in [0, 0.05) is 17.6 Å². The molecule has 2 rings (SSSR count). The van der Waals surface area contributed by atoms with E-state index in [0.717, 1.165) is 42.8 Å². The van der Waals surface area contributed by atoms with E-state index in [-0.39, 0.29) is 6.10 Å². The third kappa shape index (κ3) is 5.08. The molecule has 0 saturated carbocycles. The molecule has 3 nitrogen and oxygen atoms in total. The molecule has 0 spiro atoms. The standard InChI is InChI=1S/C16H24BrNO2/c1-12(2)9-18-10-13-8-14(5-6-16(13)17)20-15-4-3-7-19-11-15/h5-6,8,12,15,18H,3-4,7,9-11H2,1-2H3. The second-order valence-electron chi connectivity index (χ2n) is 5.73. The summed E-state index contributed by atoms with van der Waals surface area (Å²) < 4.78 is 12.6. The van der Waals surface area contributed by atoms with Crippen LogP contribution in [-0.4, -0.2) is 25.9 Å². The molecule has 0 aliphatic carbocycles. The minimum Gasteiger partial charge on any atom is -0.488 e. The zero-order chi connectivity index (χ0) is 14.4. The van der Waals surface area contributed by atoms with Crippen LogP contribution in [0.1, 0.15) is 32.3 Å². The van der Waals surface area contributed by atoms with Gasteiger partial charge in [0.1, 0.15) is 11.9 Å². The van der Waals surface area contributed by atoms with Crippen LogP contribution in [0.4, 0.5) is 0 Å². The van der Waals surface area contributed by atoms with Gasteiger partial charge in [-0.05, 0) is 49.1 Å². The fraction of sp³-hybridized carbons (Fsp3) is 0.625. The van der Waals surface area contributed by atoms with Crippen LogP contribution in [0, 0.1) is 5.92 Å². The normalized spacial score (nSPS) is 19.3. The predicted octanol–water partition coefficient (Wildman–Crippen LogP) is 3.75. The van der Waals surface area contributed by atoms with E-state index < -0.39 is 0 Å². The summed E-state index contributed by atoms with van der Waals surface area (Å²) in [5, 5.41) is 3.46. The summed E-state index contributed by atoms with van der Waals surface area (Å²) in [6, 6.07) is 6.20. The number of rotatable bonds is 6. The Hall–Kier alpha value is -0.580. The molecule has 0 aromatic heterocycles. The maximum Gasteiger partial charge on any atom is 0.122 e. The van der Waals surface area contributed by atoms with Crippen LogP contribution in [-0.2, 0) is 11.3 Å². The Morgan fingerprint density at radius 2 is 2.30 bits per heavy atom. The van der Waals surface area contributed by atoms with Crippen molar-refractivity contribution in [2.24, 2.45) is 5.92 Å². The van der Waals surface area contributed by atoms with Crippen molar-refractivity contribution in [3.63, 3.8) is 0 Å². The highest BCUT2D eigenvalue weighted by Crippen LogP contribution is 2.24. The van der Waals surface area contributed by atoms with Gasteiger partial charge in [0.2, 0.25) is 0 Å². The molecule has 1 heterocycles. The fourth-order valence-corrected chi connectivity index (χ4v) is 2.64. The number of hydrogen-bond acceptors (Lipinski definition) is 3. The van der Waals surface area contributed by atoms with Gasteiger partial charge < -0.3 is 14.8 Å². The van der Waals surface area contributed by atoms with Crippen molar-refractivity contribution in [1.29, 1.82) is 0 Å². The topological polar surface area (TPSA) is 30.5 Å². The van der Waals surface area contributed by atoms with Gasteiger partial charge in [-0.1, -0.05) is 29.8 Å². The highest BCUT2D eigenvalue weighted by atomic mass is 79.9. The van der Waals surface area contributed by atoms with Gasteiger partial charge in [-0.3, -0.25) is 0 Å². The zero-order valence-corrected chi connectivity index (χ0v) is 13.9. The Kier molecular flexibility index (Phi) is 6.33. The van der Waals surface area contributed by atoms with E-state index in [9.17, 15) is 0 Å².